The average molecular weight is 236 g/mol. The van der Waals surface area contributed by atoms with Gasteiger partial charge in [-0.2, -0.15) is 0 Å². The van der Waals surface area contributed by atoms with Crippen molar-refractivity contribution in [2.24, 2.45) is 0 Å². The van der Waals surface area contributed by atoms with Crippen LogP contribution in [0.2, 0.25) is 0 Å². The minimum atomic E-state index is -0.836. The molecule has 1 aliphatic heterocycles. The molecule has 0 aromatic rings. The number of hydrogen-bond donors (Lipinski definition) is 0. The maximum atomic E-state index is 5.25. The van der Waals surface area contributed by atoms with E-state index in [4.69, 9.17) is 6.15 Å². The van der Waals surface area contributed by atoms with Crippen LogP contribution >= 0.6 is 0 Å². The zero-order chi connectivity index (χ0) is 6.53. The van der Waals surface area contributed by atoms with Crippen molar-refractivity contribution >= 4 is 22.0 Å². The van der Waals surface area contributed by atoms with E-state index < -0.39 is 22.0 Å². The van der Waals surface area contributed by atoms with Crippen molar-refractivity contribution in [1.29, 1.82) is 0 Å². The van der Waals surface area contributed by atoms with Crippen LogP contribution in [-0.4, -0.2) is 60.2 Å². The quantitative estimate of drug-likeness (QED) is 0.529. The van der Waals surface area contributed by atoms with Crippen molar-refractivity contribution in [3.63, 3.8) is 0 Å². The Bertz CT molecular complexity index is 73.4. The molecule has 52 valence electrons. The SMILES string of the molecule is CN1CC[O][Sn][O]CC1. The van der Waals surface area contributed by atoms with Gasteiger partial charge in [-0.3, -0.25) is 0 Å². The topological polar surface area (TPSA) is 21.7 Å². The molecule has 0 amide bonds. The first-order valence-electron chi connectivity index (χ1n) is 3.07. The van der Waals surface area contributed by atoms with Gasteiger partial charge in [-0.15, -0.1) is 0 Å². The van der Waals surface area contributed by atoms with Crippen LogP contribution in [0, 0.1) is 0 Å². The Kier molecular flexibility index (Phi) is 3.88. The second kappa shape index (κ2) is 4.49. The molecule has 0 N–H and O–H groups in total. The van der Waals surface area contributed by atoms with Crippen LogP contribution < -0.4 is 0 Å². The molecule has 1 heterocycles. The van der Waals surface area contributed by atoms with Crippen LogP contribution in [0.5, 0.6) is 0 Å². The minimum absolute atomic E-state index is 0.836. The monoisotopic (exact) mass is 237 g/mol. The molecule has 3 nitrogen and oxygen atoms in total. The molecule has 2 radical (unpaired) electrons. The molecule has 4 heteroatoms. The third-order valence-corrected chi connectivity index (χ3v) is 3.11. The molecule has 0 aromatic carbocycles. The number of hydrogen-bond acceptors (Lipinski definition) is 3. The van der Waals surface area contributed by atoms with Crippen molar-refractivity contribution in [1.82, 2.24) is 4.90 Å². The summed E-state index contributed by atoms with van der Waals surface area (Å²) in [5.41, 5.74) is 0. The van der Waals surface area contributed by atoms with E-state index in [-0.39, 0.29) is 0 Å². The van der Waals surface area contributed by atoms with E-state index in [1.54, 1.807) is 0 Å². The summed E-state index contributed by atoms with van der Waals surface area (Å²) in [6, 6.07) is 0. The van der Waals surface area contributed by atoms with Crippen molar-refractivity contribution in [3.8, 4) is 0 Å². The van der Waals surface area contributed by atoms with Crippen molar-refractivity contribution in [3.05, 3.63) is 0 Å². The maximum absolute atomic E-state index is 5.25. The zero-order valence-corrected chi connectivity index (χ0v) is 8.45. The summed E-state index contributed by atoms with van der Waals surface area (Å²) in [5, 5.41) is 0. The second-order valence-corrected chi connectivity index (χ2v) is 4.21. The Morgan fingerprint density at radius 1 is 1.22 bits per heavy atom. The third kappa shape index (κ3) is 3.39. The molecule has 1 rings (SSSR count). The Balaban J connectivity index is 2.12. The first kappa shape index (κ1) is 7.78. The summed E-state index contributed by atoms with van der Waals surface area (Å²) >= 11 is -0.836. The van der Waals surface area contributed by atoms with Crippen LogP contribution in [0.25, 0.3) is 0 Å². The third-order valence-electron chi connectivity index (χ3n) is 1.27. The standard InChI is InChI=1S/C5H11NO2.Sn/c1-6(2-4-7)3-5-8;/h2-5H2,1H3;/q-2;+2. The second-order valence-electron chi connectivity index (χ2n) is 2.08. The van der Waals surface area contributed by atoms with Gasteiger partial charge in [0.2, 0.25) is 0 Å². The number of rotatable bonds is 0. The first-order valence-corrected chi connectivity index (χ1v) is 5.40. The molecule has 0 saturated carbocycles. The zero-order valence-electron chi connectivity index (χ0n) is 5.59. The van der Waals surface area contributed by atoms with Crippen LogP contribution in [-0.2, 0) is 6.15 Å². The van der Waals surface area contributed by atoms with Gasteiger partial charge >= 0.3 is 66.4 Å². The van der Waals surface area contributed by atoms with E-state index in [1.165, 1.54) is 0 Å². The summed E-state index contributed by atoms with van der Waals surface area (Å²) in [5.74, 6) is 0. The van der Waals surface area contributed by atoms with Gasteiger partial charge in [-0.25, -0.2) is 0 Å². The van der Waals surface area contributed by atoms with Crippen LogP contribution in [0.3, 0.4) is 0 Å². The molecule has 0 unspecified atom stereocenters. The molecule has 1 aliphatic rings. The molecule has 0 spiro atoms. The van der Waals surface area contributed by atoms with Crippen molar-refractivity contribution < 1.29 is 6.15 Å². The molecule has 1 fully saturated rings. The number of nitrogens with zero attached hydrogens (tertiary/aromatic N) is 1. The number of likely N-dealkylation sites (N-methyl/N-ethyl adjacent to an activating group) is 1. The Labute approximate surface area is 66.6 Å². The Morgan fingerprint density at radius 2 is 1.78 bits per heavy atom. The van der Waals surface area contributed by atoms with Crippen LogP contribution in [0.15, 0.2) is 0 Å². The van der Waals surface area contributed by atoms with E-state index in [2.05, 4.69) is 11.9 Å². The summed E-state index contributed by atoms with van der Waals surface area (Å²) in [6.45, 7) is 3.85. The van der Waals surface area contributed by atoms with Crippen molar-refractivity contribution in [2.75, 3.05) is 33.4 Å². The van der Waals surface area contributed by atoms with Gasteiger partial charge in [0.15, 0.2) is 0 Å². The summed E-state index contributed by atoms with van der Waals surface area (Å²) in [7, 11) is 2.09. The van der Waals surface area contributed by atoms with E-state index >= 15 is 0 Å². The fraction of sp³-hybridized carbons (Fsp3) is 1.00. The fourth-order valence-corrected chi connectivity index (χ4v) is 1.87. The predicted molar refractivity (Wildman–Crippen MR) is 35.2 cm³/mol. The van der Waals surface area contributed by atoms with Gasteiger partial charge in [0, 0.05) is 0 Å². The predicted octanol–water partition coefficient (Wildman–Crippen LogP) is -0.501. The first-order chi connectivity index (χ1) is 4.39. The normalized spacial score (nSPS) is 25.0. The van der Waals surface area contributed by atoms with Gasteiger partial charge in [0.1, 0.15) is 0 Å². The molecular formula is C5H11NO2Sn. The van der Waals surface area contributed by atoms with Gasteiger partial charge < -0.3 is 0 Å². The molecular weight excluding hydrogens is 225 g/mol. The Hall–Kier alpha value is 0.679. The molecule has 9 heavy (non-hydrogen) atoms. The molecule has 0 bridgehead atoms. The summed E-state index contributed by atoms with van der Waals surface area (Å²) < 4.78 is 10.5. The Morgan fingerprint density at radius 3 is 2.33 bits per heavy atom. The average Bonchev–Trinajstić information content (AvgIpc) is 1.79. The van der Waals surface area contributed by atoms with Gasteiger partial charge in [-0.1, -0.05) is 0 Å². The van der Waals surface area contributed by atoms with Crippen molar-refractivity contribution in [2.45, 2.75) is 0 Å². The molecule has 0 aromatic heterocycles. The van der Waals surface area contributed by atoms with E-state index in [1.807, 2.05) is 0 Å². The molecule has 0 aliphatic carbocycles. The molecule has 1 saturated heterocycles. The van der Waals surface area contributed by atoms with Gasteiger partial charge in [-0.05, 0) is 0 Å². The van der Waals surface area contributed by atoms with E-state index in [0.717, 1.165) is 26.3 Å². The summed E-state index contributed by atoms with van der Waals surface area (Å²) in [4.78, 5) is 2.22. The van der Waals surface area contributed by atoms with Gasteiger partial charge in [0.05, 0.1) is 0 Å². The van der Waals surface area contributed by atoms with E-state index in [0.29, 0.717) is 0 Å². The summed E-state index contributed by atoms with van der Waals surface area (Å²) in [6.07, 6.45) is 0. The fourth-order valence-electron chi connectivity index (χ4n) is 0.640. The van der Waals surface area contributed by atoms with Gasteiger partial charge in [0.25, 0.3) is 0 Å². The van der Waals surface area contributed by atoms with Crippen LogP contribution in [0.4, 0.5) is 0 Å². The molecule has 0 atom stereocenters. The van der Waals surface area contributed by atoms with E-state index in [9.17, 15) is 0 Å². The van der Waals surface area contributed by atoms with Crippen LogP contribution in [0.1, 0.15) is 0 Å².